The molecule has 0 atom stereocenters. The molecule has 2 N–H and O–H groups in total. The van der Waals surface area contributed by atoms with Gasteiger partial charge in [-0.05, 0) is 25.1 Å². The molecule has 5 nitrogen and oxygen atoms in total. The molecule has 0 fully saturated rings. The van der Waals surface area contributed by atoms with Crippen LogP contribution < -0.4 is 5.73 Å². The lowest BCUT2D eigenvalue weighted by Crippen LogP contribution is -1.94. The molecule has 0 radical (unpaired) electrons. The standard InChI is InChI=1S/C10H9N5S/c1-6-2-3-8(16-6)7-4-5-12-10-13-9(11)14-15(7)10/h2-5H,1H3,(H2,11,14). The maximum Gasteiger partial charge on any atom is 0.254 e. The molecule has 6 heteroatoms. The van der Waals surface area contributed by atoms with E-state index in [1.165, 1.54) is 4.88 Å². The van der Waals surface area contributed by atoms with Crippen LogP contribution in [0.5, 0.6) is 0 Å². The van der Waals surface area contributed by atoms with Crippen LogP contribution in [0.25, 0.3) is 16.3 Å². The Bertz CT molecular complexity index is 654. The quantitative estimate of drug-likeness (QED) is 0.692. The summed E-state index contributed by atoms with van der Waals surface area (Å²) in [6.07, 6.45) is 1.72. The number of fused-ring (bicyclic) bond motifs is 1. The summed E-state index contributed by atoms with van der Waals surface area (Å²) in [5.41, 5.74) is 6.53. The van der Waals surface area contributed by atoms with E-state index in [4.69, 9.17) is 5.73 Å². The van der Waals surface area contributed by atoms with Gasteiger partial charge in [0.25, 0.3) is 5.78 Å². The fourth-order valence-electron chi connectivity index (χ4n) is 1.57. The first kappa shape index (κ1) is 9.29. The Morgan fingerprint density at radius 3 is 2.94 bits per heavy atom. The fourth-order valence-corrected chi connectivity index (χ4v) is 2.45. The first-order valence-electron chi connectivity index (χ1n) is 4.78. The number of nitrogen functional groups attached to an aromatic ring is 1. The van der Waals surface area contributed by atoms with Gasteiger partial charge in [0.15, 0.2) is 0 Å². The summed E-state index contributed by atoms with van der Waals surface area (Å²) in [7, 11) is 0. The lowest BCUT2D eigenvalue weighted by Gasteiger charge is -1.98. The Kier molecular flexibility index (Phi) is 1.90. The van der Waals surface area contributed by atoms with Gasteiger partial charge in [-0.1, -0.05) is 0 Å². The van der Waals surface area contributed by atoms with Crippen LogP contribution in [0.3, 0.4) is 0 Å². The summed E-state index contributed by atoms with van der Waals surface area (Å²) >= 11 is 1.71. The lowest BCUT2D eigenvalue weighted by molar-refractivity contribution is 0.955. The van der Waals surface area contributed by atoms with Crippen molar-refractivity contribution in [2.45, 2.75) is 6.92 Å². The number of rotatable bonds is 1. The van der Waals surface area contributed by atoms with Crippen molar-refractivity contribution in [3.63, 3.8) is 0 Å². The van der Waals surface area contributed by atoms with Crippen molar-refractivity contribution < 1.29 is 0 Å². The average Bonchev–Trinajstić information content (AvgIpc) is 2.82. The summed E-state index contributed by atoms with van der Waals surface area (Å²) in [6, 6.07) is 6.05. The van der Waals surface area contributed by atoms with Crippen molar-refractivity contribution >= 4 is 23.1 Å². The second-order valence-corrected chi connectivity index (χ2v) is 4.71. The molecule has 0 aliphatic heterocycles. The van der Waals surface area contributed by atoms with Crippen molar-refractivity contribution in [3.05, 3.63) is 29.3 Å². The van der Waals surface area contributed by atoms with Crippen molar-refractivity contribution in [2.75, 3.05) is 5.73 Å². The highest BCUT2D eigenvalue weighted by atomic mass is 32.1. The van der Waals surface area contributed by atoms with Crippen LogP contribution in [-0.2, 0) is 0 Å². The summed E-state index contributed by atoms with van der Waals surface area (Å²) in [5.74, 6) is 0.772. The number of nitrogens with two attached hydrogens (primary N) is 1. The van der Waals surface area contributed by atoms with Crippen molar-refractivity contribution in [1.82, 2.24) is 19.6 Å². The van der Waals surface area contributed by atoms with Gasteiger partial charge in [-0.3, -0.25) is 0 Å². The number of anilines is 1. The number of thiophene rings is 1. The minimum atomic E-state index is 0.244. The summed E-state index contributed by atoms with van der Waals surface area (Å²) in [6.45, 7) is 2.07. The number of aromatic nitrogens is 4. The zero-order valence-corrected chi connectivity index (χ0v) is 9.40. The van der Waals surface area contributed by atoms with Gasteiger partial charge >= 0.3 is 0 Å². The van der Waals surface area contributed by atoms with Crippen LogP contribution in [-0.4, -0.2) is 19.6 Å². The molecule has 3 aromatic heterocycles. The van der Waals surface area contributed by atoms with Crippen molar-refractivity contribution in [3.8, 4) is 10.6 Å². The first-order chi connectivity index (χ1) is 7.74. The summed E-state index contributed by atoms with van der Waals surface area (Å²) in [5, 5.41) is 4.13. The SMILES string of the molecule is Cc1ccc(-c2ccnc3nc(N)nn23)s1. The van der Waals surface area contributed by atoms with Gasteiger partial charge in [0.1, 0.15) is 0 Å². The molecule has 3 rings (SSSR count). The minimum Gasteiger partial charge on any atom is -0.366 e. The Labute approximate surface area is 95.6 Å². The minimum absolute atomic E-state index is 0.244. The Morgan fingerprint density at radius 2 is 2.19 bits per heavy atom. The third-order valence-corrected chi connectivity index (χ3v) is 3.27. The van der Waals surface area contributed by atoms with E-state index >= 15 is 0 Å². The van der Waals surface area contributed by atoms with E-state index in [0.717, 1.165) is 10.6 Å². The third kappa shape index (κ3) is 1.35. The summed E-state index contributed by atoms with van der Waals surface area (Å²) < 4.78 is 1.67. The largest absolute Gasteiger partial charge is 0.366 e. The predicted octanol–water partition coefficient (Wildman–Crippen LogP) is 1.74. The van der Waals surface area contributed by atoms with E-state index in [1.54, 1.807) is 22.0 Å². The Morgan fingerprint density at radius 1 is 1.31 bits per heavy atom. The molecule has 16 heavy (non-hydrogen) atoms. The van der Waals surface area contributed by atoms with Gasteiger partial charge in [-0.15, -0.1) is 16.4 Å². The van der Waals surface area contributed by atoms with Gasteiger partial charge in [-0.25, -0.2) is 4.98 Å². The van der Waals surface area contributed by atoms with Crippen LogP contribution in [0.4, 0.5) is 5.95 Å². The van der Waals surface area contributed by atoms with Gasteiger partial charge in [0.05, 0.1) is 10.6 Å². The highest BCUT2D eigenvalue weighted by Crippen LogP contribution is 2.27. The second kappa shape index (κ2) is 3.28. The van der Waals surface area contributed by atoms with E-state index in [-0.39, 0.29) is 5.95 Å². The van der Waals surface area contributed by atoms with Gasteiger partial charge in [0, 0.05) is 11.1 Å². The average molecular weight is 231 g/mol. The van der Waals surface area contributed by atoms with Crippen LogP contribution in [0.2, 0.25) is 0 Å². The molecular formula is C10H9N5S. The summed E-state index contributed by atoms with van der Waals surface area (Å²) in [4.78, 5) is 10.5. The zero-order chi connectivity index (χ0) is 11.1. The van der Waals surface area contributed by atoms with E-state index in [0.29, 0.717) is 5.78 Å². The molecule has 80 valence electrons. The number of hydrogen-bond acceptors (Lipinski definition) is 5. The van der Waals surface area contributed by atoms with Crippen LogP contribution in [0.1, 0.15) is 4.88 Å². The highest BCUT2D eigenvalue weighted by Gasteiger charge is 2.09. The van der Waals surface area contributed by atoms with Gasteiger partial charge in [-0.2, -0.15) is 9.50 Å². The van der Waals surface area contributed by atoms with Gasteiger partial charge < -0.3 is 5.73 Å². The second-order valence-electron chi connectivity index (χ2n) is 3.42. The normalized spacial score (nSPS) is 11.1. The number of hydrogen-bond donors (Lipinski definition) is 1. The molecule has 0 aromatic carbocycles. The molecule has 0 unspecified atom stereocenters. The Balaban J connectivity index is 2.30. The molecule has 0 aliphatic carbocycles. The zero-order valence-electron chi connectivity index (χ0n) is 8.58. The predicted molar refractivity (Wildman–Crippen MR) is 63.2 cm³/mol. The van der Waals surface area contributed by atoms with E-state index in [1.807, 2.05) is 6.07 Å². The smallest absolute Gasteiger partial charge is 0.254 e. The lowest BCUT2D eigenvalue weighted by atomic mass is 10.3. The van der Waals surface area contributed by atoms with Crippen LogP contribution in [0, 0.1) is 6.92 Å². The number of aryl methyl sites for hydroxylation is 1. The van der Waals surface area contributed by atoms with Crippen LogP contribution in [0.15, 0.2) is 24.4 Å². The molecule has 0 bridgehead atoms. The number of nitrogens with zero attached hydrogens (tertiary/aromatic N) is 4. The first-order valence-corrected chi connectivity index (χ1v) is 5.60. The van der Waals surface area contributed by atoms with E-state index in [2.05, 4.69) is 34.1 Å². The highest BCUT2D eigenvalue weighted by molar-refractivity contribution is 7.15. The molecule has 0 saturated heterocycles. The third-order valence-electron chi connectivity index (χ3n) is 2.25. The fraction of sp³-hybridized carbons (Fsp3) is 0.100. The molecule has 0 spiro atoms. The Hall–Kier alpha value is -1.95. The maximum atomic E-state index is 5.56. The van der Waals surface area contributed by atoms with Gasteiger partial charge in [0.2, 0.25) is 5.95 Å². The van der Waals surface area contributed by atoms with Crippen LogP contribution >= 0.6 is 11.3 Å². The van der Waals surface area contributed by atoms with Crippen molar-refractivity contribution in [1.29, 1.82) is 0 Å². The molecule has 0 aliphatic rings. The van der Waals surface area contributed by atoms with E-state index < -0.39 is 0 Å². The maximum absolute atomic E-state index is 5.56. The molecular weight excluding hydrogens is 222 g/mol. The monoisotopic (exact) mass is 231 g/mol. The molecule has 3 heterocycles. The van der Waals surface area contributed by atoms with Crippen molar-refractivity contribution in [2.24, 2.45) is 0 Å². The molecule has 0 saturated carbocycles. The molecule has 3 aromatic rings. The topological polar surface area (TPSA) is 69.1 Å². The molecule has 0 amide bonds. The van der Waals surface area contributed by atoms with E-state index in [9.17, 15) is 0 Å².